The van der Waals surface area contributed by atoms with Crippen LogP contribution in [-0.4, -0.2) is 11.1 Å². The minimum Gasteiger partial charge on any atom is -0.478 e. The molecule has 0 unspecified atom stereocenters. The second-order valence-corrected chi connectivity index (χ2v) is 6.12. The third kappa shape index (κ3) is 2.61. The number of carboxylic acids is 1. The first kappa shape index (κ1) is 11.1. The number of carboxylic acid groups (broad SMARTS) is 1. The molecule has 0 aliphatic rings. The summed E-state index contributed by atoms with van der Waals surface area (Å²) in [5.74, 6) is -0.841. The molecular weight excluding hydrogens is 315 g/mol. The van der Waals surface area contributed by atoms with Crippen LogP contribution in [0.25, 0.3) is 0 Å². The molecule has 2 aromatic rings. The fourth-order valence-electron chi connectivity index (χ4n) is 1.31. The van der Waals surface area contributed by atoms with Gasteiger partial charge in [0, 0.05) is 0 Å². The molecule has 0 aliphatic heterocycles. The molecule has 2 rings (SSSR count). The van der Waals surface area contributed by atoms with Gasteiger partial charge in [-0.2, -0.15) is 0 Å². The molecule has 80 valence electrons. The molecule has 0 aliphatic carbocycles. The monoisotopic (exact) mass is 325 g/mol. The minimum atomic E-state index is -0.841. The Labute approximate surface area is 104 Å². The Bertz CT molecular complexity index is 494. The number of halogens is 1. The van der Waals surface area contributed by atoms with Crippen molar-refractivity contribution in [3.05, 3.63) is 67.3 Å². The first-order valence-electron chi connectivity index (χ1n) is 4.79. The Morgan fingerprint density at radius 2 is 1.56 bits per heavy atom. The largest absolute Gasteiger partial charge is 0.478 e. The van der Waals surface area contributed by atoms with Crippen molar-refractivity contribution in [1.29, 1.82) is 0 Å². The van der Waals surface area contributed by atoms with Crippen molar-refractivity contribution in [2.75, 3.05) is 0 Å². The van der Waals surface area contributed by atoms with Crippen LogP contribution in [-0.2, 0) is 0 Å². The highest BCUT2D eigenvalue weighted by Gasteiger charge is 2.22. The predicted molar refractivity (Wildman–Crippen MR) is 57.2 cm³/mol. The molecule has 0 spiro atoms. The van der Waals surface area contributed by atoms with Crippen LogP contribution in [0.1, 0.15) is 10.4 Å². The van der Waals surface area contributed by atoms with E-state index in [9.17, 15) is 4.79 Å². The zero-order valence-corrected chi connectivity index (χ0v) is 10.6. The van der Waals surface area contributed by atoms with Gasteiger partial charge in [-0.25, -0.2) is 4.79 Å². The molecule has 0 saturated heterocycles. The quantitative estimate of drug-likeness (QED) is 0.774. The molecule has 0 radical (unpaired) electrons. The Balaban J connectivity index is 2.31. The van der Waals surface area contributed by atoms with Gasteiger partial charge >= 0.3 is 27.2 Å². The average molecular weight is 325 g/mol. The minimum absolute atomic E-state index is 0.407. The van der Waals surface area contributed by atoms with Gasteiger partial charge in [-0.3, -0.25) is 0 Å². The van der Waals surface area contributed by atoms with Gasteiger partial charge in [0.25, 0.3) is 0 Å². The fourth-order valence-corrected chi connectivity index (χ4v) is 3.85. The average Bonchev–Trinajstić information content (AvgIpc) is 2.31. The normalized spacial score (nSPS) is 10.0. The molecule has 0 bridgehead atoms. The summed E-state index contributed by atoms with van der Waals surface area (Å²) in [5.41, 5.74) is 0.430. The molecule has 16 heavy (non-hydrogen) atoms. The molecule has 0 saturated carbocycles. The highest BCUT2D eigenvalue weighted by Crippen LogP contribution is 1.97. The van der Waals surface area contributed by atoms with Crippen molar-refractivity contribution in [2.24, 2.45) is 0 Å². The molecule has 0 fully saturated rings. The predicted octanol–water partition coefficient (Wildman–Crippen LogP) is -0.487. The first-order chi connectivity index (χ1) is 7.77. The van der Waals surface area contributed by atoms with E-state index in [1.54, 1.807) is 12.1 Å². The van der Waals surface area contributed by atoms with Gasteiger partial charge in [-0.05, 0) is 24.3 Å². The summed E-state index contributed by atoms with van der Waals surface area (Å²) in [6, 6.07) is 17.3. The maximum Gasteiger partial charge on any atom is 0.358 e. The summed E-state index contributed by atoms with van der Waals surface area (Å²) >= 11 is -0.407. The lowest BCUT2D eigenvalue weighted by Crippen LogP contribution is -3.61. The van der Waals surface area contributed by atoms with Crippen molar-refractivity contribution in [3.8, 4) is 0 Å². The van der Waals surface area contributed by atoms with E-state index in [0.29, 0.717) is 5.56 Å². The van der Waals surface area contributed by atoms with Gasteiger partial charge in [-0.1, -0.05) is 30.3 Å². The molecular formula is C13H10IO2+. The molecule has 2 aromatic carbocycles. The van der Waals surface area contributed by atoms with E-state index in [1.165, 1.54) is 3.57 Å². The van der Waals surface area contributed by atoms with Crippen LogP contribution >= 0.6 is 0 Å². The summed E-state index contributed by atoms with van der Waals surface area (Å²) in [6.45, 7) is 0. The van der Waals surface area contributed by atoms with Gasteiger partial charge in [0.1, 0.15) is 5.56 Å². The van der Waals surface area contributed by atoms with E-state index in [-0.39, 0.29) is 0 Å². The lowest BCUT2D eigenvalue weighted by atomic mass is 10.2. The van der Waals surface area contributed by atoms with E-state index >= 15 is 0 Å². The van der Waals surface area contributed by atoms with Crippen molar-refractivity contribution in [1.82, 2.24) is 0 Å². The smallest absolute Gasteiger partial charge is 0.358 e. The highest BCUT2D eigenvalue weighted by molar-refractivity contribution is 5.87. The lowest BCUT2D eigenvalue weighted by molar-refractivity contribution is -0.597. The van der Waals surface area contributed by atoms with E-state index < -0.39 is 27.2 Å². The maximum atomic E-state index is 11.0. The Kier molecular flexibility index (Phi) is 3.56. The van der Waals surface area contributed by atoms with Crippen LogP contribution in [0.2, 0.25) is 0 Å². The zero-order valence-electron chi connectivity index (χ0n) is 8.43. The van der Waals surface area contributed by atoms with E-state index in [0.717, 1.165) is 3.57 Å². The van der Waals surface area contributed by atoms with Crippen molar-refractivity contribution < 1.29 is 31.1 Å². The number of benzene rings is 2. The molecule has 0 atom stereocenters. The second-order valence-electron chi connectivity index (χ2n) is 3.18. The highest BCUT2D eigenvalue weighted by atomic mass is 127. The van der Waals surface area contributed by atoms with Crippen molar-refractivity contribution in [3.63, 3.8) is 0 Å². The zero-order chi connectivity index (χ0) is 11.4. The maximum absolute atomic E-state index is 11.0. The molecule has 3 heteroatoms. The third-order valence-electron chi connectivity index (χ3n) is 2.05. The Morgan fingerprint density at radius 3 is 2.25 bits per heavy atom. The van der Waals surface area contributed by atoms with Gasteiger partial charge in [0.05, 0.1) is 0 Å². The van der Waals surface area contributed by atoms with E-state index in [2.05, 4.69) is 0 Å². The van der Waals surface area contributed by atoms with Gasteiger partial charge in [0.15, 0.2) is 3.57 Å². The first-order valence-corrected chi connectivity index (χ1v) is 6.95. The summed E-state index contributed by atoms with van der Waals surface area (Å²) in [7, 11) is 0. The SMILES string of the molecule is O=C(O)c1ccccc1[I+]c1ccccc1. The number of aromatic carboxylic acids is 1. The fraction of sp³-hybridized carbons (Fsp3) is 0. The van der Waals surface area contributed by atoms with Crippen LogP contribution in [0.4, 0.5) is 0 Å². The Hall–Kier alpha value is -1.36. The molecule has 1 N–H and O–H groups in total. The van der Waals surface area contributed by atoms with Crippen LogP contribution in [0.15, 0.2) is 54.6 Å². The molecule has 2 nitrogen and oxygen atoms in total. The number of carbonyl (C=O) groups is 1. The Morgan fingerprint density at radius 1 is 0.938 bits per heavy atom. The van der Waals surface area contributed by atoms with Crippen molar-refractivity contribution in [2.45, 2.75) is 0 Å². The standard InChI is InChI=1S/C13H9IO2/c15-13(16)11-8-4-5-9-12(11)14-10-6-2-1-3-7-10/h1-9H/p+1. The van der Waals surface area contributed by atoms with Crippen molar-refractivity contribution >= 4 is 5.97 Å². The third-order valence-corrected chi connectivity index (χ3v) is 4.91. The van der Waals surface area contributed by atoms with E-state index in [1.807, 2.05) is 42.5 Å². The summed E-state index contributed by atoms with van der Waals surface area (Å²) < 4.78 is 2.19. The lowest BCUT2D eigenvalue weighted by Gasteiger charge is -1.93. The van der Waals surface area contributed by atoms with Gasteiger partial charge < -0.3 is 5.11 Å². The van der Waals surface area contributed by atoms with Gasteiger partial charge in [0.2, 0.25) is 3.57 Å². The molecule has 0 aromatic heterocycles. The van der Waals surface area contributed by atoms with Crippen LogP contribution in [0, 0.1) is 7.14 Å². The molecule has 0 heterocycles. The van der Waals surface area contributed by atoms with Crippen LogP contribution in [0.3, 0.4) is 0 Å². The van der Waals surface area contributed by atoms with E-state index in [4.69, 9.17) is 5.11 Å². The summed E-state index contributed by atoms with van der Waals surface area (Å²) in [6.07, 6.45) is 0. The number of hydrogen-bond donors (Lipinski definition) is 1. The summed E-state index contributed by atoms with van der Waals surface area (Å²) in [5, 5.41) is 9.06. The van der Waals surface area contributed by atoms with Crippen LogP contribution in [0.5, 0.6) is 0 Å². The topological polar surface area (TPSA) is 37.3 Å². The van der Waals surface area contributed by atoms with Gasteiger partial charge in [-0.15, -0.1) is 0 Å². The number of hydrogen-bond acceptors (Lipinski definition) is 1. The second kappa shape index (κ2) is 5.12. The summed E-state index contributed by atoms with van der Waals surface area (Å²) in [4.78, 5) is 11.0. The molecule has 0 amide bonds. The number of rotatable bonds is 3. The van der Waals surface area contributed by atoms with Crippen LogP contribution < -0.4 is 21.2 Å².